The van der Waals surface area contributed by atoms with Crippen LogP contribution in [-0.2, 0) is 0 Å². The fourth-order valence-electron chi connectivity index (χ4n) is 2.05. The normalized spacial score (nSPS) is 11.1. The summed E-state index contributed by atoms with van der Waals surface area (Å²) in [7, 11) is 0. The van der Waals surface area contributed by atoms with E-state index in [1.807, 2.05) is 18.2 Å². The van der Waals surface area contributed by atoms with E-state index in [1.165, 1.54) is 10.3 Å². The number of aromatic nitrogens is 1. The van der Waals surface area contributed by atoms with Gasteiger partial charge in [-0.15, -0.1) is 11.3 Å². The van der Waals surface area contributed by atoms with E-state index in [4.69, 9.17) is 4.98 Å². The Morgan fingerprint density at radius 1 is 1.05 bits per heavy atom. The van der Waals surface area contributed by atoms with E-state index < -0.39 is 0 Å². The molecule has 1 N–H and O–H groups in total. The van der Waals surface area contributed by atoms with Gasteiger partial charge in [0.1, 0.15) is 5.01 Å². The van der Waals surface area contributed by atoms with Crippen molar-refractivity contribution in [1.82, 2.24) is 4.98 Å². The van der Waals surface area contributed by atoms with Gasteiger partial charge < -0.3 is 5.32 Å². The van der Waals surface area contributed by atoms with E-state index >= 15 is 0 Å². The first-order valence-corrected chi connectivity index (χ1v) is 7.26. The molecule has 3 aromatic rings. The molecule has 2 nitrogen and oxygen atoms in total. The predicted molar refractivity (Wildman–Crippen MR) is 83.8 cm³/mol. The molecular weight excluding hydrogens is 252 g/mol. The lowest BCUT2D eigenvalue weighted by molar-refractivity contribution is 0.900. The van der Waals surface area contributed by atoms with Gasteiger partial charge in [-0.05, 0) is 32.0 Å². The number of anilines is 1. The maximum Gasteiger partial charge on any atom is 0.124 e. The van der Waals surface area contributed by atoms with Gasteiger partial charge in [-0.25, -0.2) is 4.98 Å². The molecule has 0 unspecified atom stereocenters. The van der Waals surface area contributed by atoms with E-state index in [0.717, 1.165) is 16.2 Å². The van der Waals surface area contributed by atoms with E-state index in [9.17, 15) is 0 Å². The molecule has 1 heterocycles. The third-order valence-electron chi connectivity index (χ3n) is 2.86. The molecule has 0 bridgehead atoms. The average Bonchev–Trinajstić information content (AvgIpc) is 2.82. The summed E-state index contributed by atoms with van der Waals surface area (Å²) in [4.78, 5) is 4.69. The van der Waals surface area contributed by atoms with Crippen molar-refractivity contribution in [1.29, 1.82) is 0 Å². The van der Waals surface area contributed by atoms with Crippen LogP contribution in [-0.4, -0.2) is 11.0 Å². The van der Waals surface area contributed by atoms with Crippen molar-refractivity contribution in [2.24, 2.45) is 0 Å². The highest BCUT2D eigenvalue weighted by Crippen LogP contribution is 2.31. The van der Waals surface area contributed by atoms with Crippen LogP contribution in [0.3, 0.4) is 0 Å². The number of benzene rings is 2. The summed E-state index contributed by atoms with van der Waals surface area (Å²) in [6, 6.07) is 17.1. The quantitative estimate of drug-likeness (QED) is 0.739. The first-order chi connectivity index (χ1) is 9.22. The van der Waals surface area contributed by atoms with Gasteiger partial charge in [0, 0.05) is 17.3 Å². The van der Waals surface area contributed by atoms with Gasteiger partial charge in [-0.3, -0.25) is 0 Å². The summed E-state index contributed by atoms with van der Waals surface area (Å²) < 4.78 is 1.23. The van der Waals surface area contributed by atoms with Crippen molar-refractivity contribution in [3.05, 3.63) is 48.5 Å². The van der Waals surface area contributed by atoms with Crippen molar-refractivity contribution in [2.75, 3.05) is 5.32 Å². The molecule has 0 aliphatic rings. The van der Waals surface area contributed by atoms with Gasteiger partial charge in [0.25, 0.3) is 0 Å². The summed E-state index contributed by atoms with van der Waals surface area (Å²) in [6.07, 6.45) is 0. The van der Waals surface area contributed by atoms with Crippen molar-refractivity contribution in [3.8, 4) is 10.6 Å². The standard InChI is InChI=1S/C16H16N2S/c1-11(2)17-13-8-9-14-15(10-13)19-16(18-14)12-6-4-3-5-7-12/h3-11,17H,1-2H3. The summed E-state index contributed by atoms with van der Waals surface area (Å²) in [5.41, 5.74) is 3.41. The summed E-state index contributed by atoms with van der Waals surface area (Å²) in [6.45, 7) is 4.29. The molecule has 0 aliphatic carbocycles. The Hall–Kier alpha value is -1.87. The Morgan fingerprint density at radius 2 is 1.84 bits per heavy atom. The topological polar surface area (TPSA) is 24.9 Å². The molecule has 0 fully saturated rings. The molecule has 0 saturated heterocycles. The van der Waals surface area contributed by atoms with Gasteiger partial charge in [-0.2, -0.15) is 0 Å². The third-order valence-corrected chi connectivity index (χ3v) is 3.93. The summed E-state index contributed by atoms with van der Waals surface area (Å²) in [5.74, 6) is 0. The summed E-state index contributed by atoms with van der Waals surface area (Å²) >= 11 is 1.74. The van der Waals surface area contributed by atoms with Gasteiger partial charge in [-0.1, -0.05) is 30.3 Å². The van der Waals surface area contributed by atoms with Crippen LogP contribution in [0.15, 0.2) is 48.5 Å². The van der Waals surface area contributed by atoms with Crippen LogP contribution in [0, 0.1) is 0 Å². The molecule has 1 aromatic heterocycles. The van der Waals surface area contributed by atoms with Gasteiger partial charge in [0.2, 0.25) is 0 Å². The van der Waals surface area contributed by atoms with Crippen LogP contribution in [0.4, 0.5) is 5.69 Å². The minimum atomic E-state index is 0.443. The predicted octanol–water partition coefficient (Wildman–Crippen LogP) is 4.78. The molecule has 3 heteroatoms. The van der Waals surface area contributed by atoms with Crippen LogP contribution in [0.1, 0.15) is 13.8 Å². The zero-order valence-corrected chi connectivity index (χ0v) is 11.9. The molecule has 0 amide bonds. The number of hydrogen-bond donors (Lipinski definition) is 1. The molecule has 3 rings (SSSR count). The Balaban J connectivity index is 2.01. The Morgan fingerprint density at radius 3 is 2.58 bits per heavy atom. The van der Waals surface area contributed by atoms with Crippen LogP contribution < -0.4 is 5.32 Å². The minimum Gasteiger partial charge on any atom is -0.383 e. The molecule has 0 spiro atoms. The average molecular weight is 268 g/mol. The molecule has 96 valence electrons. The SMILES string of the molecule is CC(C)Nc1ccc2nc(-c3ccccc3)sc2c1. The lowest BCUT2D eigenvalue weighted by Crippen LogP contribution is -2.09. The Labute approximate surface area is 117 Å². The number of hydrogen-bond acceptors (Lipinski definition) is 3. The molecule has 19 heavy (non-hydrogen) atoms. The lowest BCUT2D eigenvalue weighted by atomic mass is 10.2. The second kappa shape index (κ2) is 5.02. The third kappa shape index (κ3) is 2.61. The maximum absolute atomic E-state index is 4.69. The van der Waals surface area contributed by atoms with Crippen molar-refractivity contribution in [3.63, 3.8) is 0 Å². The van der Waals surface area contributed by atoms with Crippen molar-refractivity contribution in [2.45, 2.75) is 19.9 Å². The Kier molecular flexibility index (Phi) is 3.22. The van der Waals surface area contributed by atoms with Gasteiger partial charge >= 0.3 is 0 Å². The number of nitrogens with one attached hydrogen (secondary N) is 1. The van der Waals surface area contributed by atoms with E-state index in [0.29, 0.717) is 6.04 Å². The number of thiazole rings is 1. The monoisotopic (exact) mass is 268 g/mol. The molecule has 0 radical (unpaired) electrons. The second-order valence-corrected chi connectivity index (χ2v) is 5.90. The summed E-state index contributed by atoms with van der Waals surface area (Å²) in [5, 5.41) is 4.51. The van der Waals surface area contributed by atoms with E-state index in [2.05, 4.69) is 49.5 Å². The highest BCUT2D eigenvalue weighted by atomic mass is 32.1. The zero-order valence-electron chi connectivity index (χ0n) is 11.1. The first kappa shape index (κ1) is 12.2. The largest absolute Gasteiger partial charge is 0.383 e. The first-order valence-electron chi connectivity index (χ1n) is 6.45. The van der Waals surface area contributed by atoms with Crippen molar-refractivity contribution < 1.29 is 0 Å². The second-order valence-electron chi connectivity index (χ2n) is 4.87. The van der Waals surface area contributed by atoms with E-state index in [-0.39, 0.29) is 0 Å². The lowest BCUT2D eigenvalue weighted by Gasteiger charge is -2.08. The fraction of sp³-hybridized carbons (Fsp3) is 0.188. The van der Waals surface area contributed by atoms with Crippen LogP contribution >= 0.6 is 11.3 Å². The van der Waals surface area contributed by atoms with Crippen LogP contribution in [0.2, 0.25) is 0 Å². The highest BCUT2D eigenvalue weighted by Gasteiger charge is 2.06. The van der Waals surface area contributed by atoms with E-state index in [1.54, 1.807) is 11.3 Å². The number of rotatable bonds is 3. The molecule has 2 aromatic carbocycles. The van der Waals surface area contributed by atoms with Crippen molar-refractivity contribution >= 4 is 27.2 Å². The molecular formula is C16H16N2S. The van der Waals surface area contributed by atoms with Gasteiger partial charge in [0.15, 0.2) is 0 Å². The smallest absolute Gasteiger partial charge is 0.124 e. The van der Waals surface area contributed by atoms with Gasteiger partial charge in [0.05, 0.1) is 10.2 Å². The molecule has 0 atom stereocenters. The zero-order chi connectivity index (χ0) is 13.2. The van der Waals surface area contributed by atoms with Crippen LogP contribution in [0.25, 0.3) is 20.8 Å². The van der Waals surface area contributed by atoms with Crippen LogP contribution in [0.5, 0.6) is 0 Å². The molecule has 0 aliphatic heterocycles. The Bertz CT molecular complexity index is 686. The number of fused-ring (bicyclic) bond motifs is 1. The minimum absolute atomic E-state index is 0.443. The highest BCUT2D eigenvalue weighted by molar-refractivity contribution is 7.21. The number of nitrogens with zero attached hydrogens (tertiary/aromatic N) is 1. The molecule has 0 saturated carbocycles. The maximum atomic E-state index is 4.69. The fourth-order valence-corrected chi connectivity index (χ4v) is 3.06.